The molecule has 13 heavy (non-hydrogen) atoms. The topological polar surface area (TPSA) is 43.1 Å². The van der Waals surface area contributed by atoms with Crippen molar-refractivity contribution in [1.29, 1.82) is 0 Å². The molecule has 0 aliphatic heterocycles. The third kappa shape index (κ3) is 1.13. The number of carbonyl (C=O) groups is 1. The van der Waals surface area contributed by atoms with Crippen molar-refractivity contribution in [2.75, 3.05) is 0 Å². The van der Waals surface area contributed by atoms with Gasteiger partial charge in [-0.1, -0.05) is 11.2 Å². The molecule has 1 aromatic carbocycles. The van der Waals surface area contributed by atoms with E-state index in [2.05, 4.69) is 5.16 Å². The minimum absolute atomic E-state index is 0.00162. The zero-order valence-corrected chi connectivity index (χ0v) is 7.50. The van der Waals surface area contributed by atoms with Crippen LogP contribution in [0.1, 0.15) is 23.0 Å². The summed E-state index contributed by atoms with van der Waals surface area (Å²) in [4.78, 5) is 11.2. The third-order valence-electron chi connectivity index (χ3n) is 2.06. The molecule has 0 radical (unpaired) electrons. The van der Waals surface area contributed by atoms with Crippen molar-refractivity contribution in [2.24, 2.45) is 0 Å². The first-order valence-corrected chi connectivity index (χ1v) is 4.06. The Balaban J connectivity index is 2.84. The third-order valence-corrected chi connectivity index (χ3v) is 2.06. The number of carbonyl (C=O) groups excluding carboxylic acids is 1. The van der Waals surface area contributed by atoms with Gasteiger partial charge in [-0.3, -0.25) is 4.79 Å². The van der Waals surface area contributed by atoms with Gasteiger partial charge in [0.15, 0.2) is 11.4 Å². The largest absolute Gasteiger partial charge is 0.355 e. The summed E-state index contributed by atoms with van der Waals surface area (Å²) >= 11 is 0. The molecule has 2 aromatic rings. The van der Waals surface area contributed by atoms with Crippen molar-refractivity contribution in [2.45, 2.75) is 13.8 Å². The van der Waals surface area contributed by atoms with Crippen molar-refractivity contribution in [3.05, 3.63) is 29.5 Å². The van der Waals surface area contributed by atoms with Crippen LogP contribution in [0.25, 0.3) is 11.0 Å². The molecule has 0 aliphatic carbocycles. The lowest BCUT2D eigenvalue weighted by Crippen LogP contribution is -1.91. The second-order valence-corrected chi connectivity index (χ2v) is 3.01. The van der Waals surface area contributed by atoms with Crippen LogP contribution in [-0.2, 0) is 0 Å². The normalized spacial score (nSPS) is 10.6. The van der Waals surface area contributed by atoms with E-state index < -0.39 is 0 Å². The number of rotatable bonds is 1. The van der Waals surface area contributed by atoms with Crippen LogP contribution in [0, 0.1) is 6.92 Å². The molecule has 0 saturated heterocycles. The monoisotopic (exact) mass is 175 g/mol. The molecule has 0 N–H and O–H groups in total. The SMILES string of the molecule is CC(=O)c1cccc2c(C)noc12. The molecule has 1 aromatic heterocycles. The van der Waals surface area contributed by atoms with Gasteiger partial charge in [-0.2, -0.15) is 0 Å². The van der Waals surface area contributed by atoms with Gasteiger partial charge in [-0.25, -0.2) is 0 Å². The number of hydrogen-bond acceptors (Lipinski definition) is 3. The van der Waals surface area contributed by atoms with E-state index in [1.807, 2.05) is 19.1 Å². The molecule has 3 nitrogen and oxygen atoms in total. The Bertz CT molecular complexity index is 471. The van der Waals surface area contributed by atoms with Crippen LogP contribution < -0.4 is 0 Å². The maximum atomic E-state index is 11.2. The Morgan fingerprint density at radius 1 is 1.46 bits per heavy atom. The highest BCUT2D eigenvalue weighted by Crippen LogP contribution is 2.21. The fourth-order valence-electron chi connectivity index (χ4n) is 1.36. The van der Waals surface area contributed by atoms with Gasteiger partial charge in [0.05, 0.1) is 11.3 Å². The first kappa shape index (κ1) is 7.98. The fourth-order valence-corrected chi connectivity index (χ4v) is 1.36. The molecule has 0 fully saturated rings. The molecule has 2 rings (SSSR count). The maximum absolute atomic E-state index is 11.2. The maximum Gasteiger partial charge on any atom is 0.177 e. The van der Waals surface area contributed by atoms with Crippen LogP contribution in [0.2, 0.25) is 0 Å². The summed E-state index contributed by atoms with van der Waals surface area (Å²) in [7, 11) is 0. The predicted molar refractivity (Wildman–Crippen MR) is 48.8 cm³/mol. The number of hydrogen-bond donors (Lipinski definition) is 0. The summed E-state index contributed by atoms with van der Waals surface area (Å²) in [5, 5.41) is 4.72. The quantitative estimate of drug-likeness (QED) is 0.625. The summed E-state index contributed by atoms with van der Waals surface area (Å²) in [5.41, 5.74) is 2.00. The summed E-state index contributed by atoms with van der Waals surface area (Å²) in [6, 6.07) is 5.48. The Kier molecular flexibility index (Phi) is 1.65. The number of Topliss-reactive ketones (excluding diaryl/α,β-unsaturated/α-hetero) is 1. The van der Waals surface area contributed by atoms with Crippen molar-refractivity contribution in [3.63, 3.8) is 0 Å². The minimum Gasteiger partial charge on any atom is -0.355 e. The molecule has 0 saturated carbocycles. The second kappa shape index (κ2) is 2.69. The van der Waals surface area contributed by atoms with E-state index in [1.165, 1.54) is 6.92 Å². The highest BCUT2D eigenvalue weighted by atomic mass is 16.5. The van der Waals surface area contributed by atoms with Crippen molar-refractivity contribution < 1.29 is 9.32 Å². The van der Waals surface area contributed by atoms with Gasteiger partial charge in [0.2, 0.25) is 0 Å². The number of para-hydroxylation sites is 1. The van der Waals surface area contributed by atoms with Crippen molar-refractivity contribution in [3.8, 4) is 0 Å². The average molecular weight is 175 g/mol. The summed E-state index contributed by atoms with van der Waals surface area (Å²) in [6.07, 6.45) is 0. The number of aryl methyl sites for hydroxylation is 1. The van der Waals surface area contributed by atoms with E-state index in [9.17, 15) is 4.79 Å². The lowest BCUT2D eigenvalue weighted by Gasteiger charge is -1.94. The zero-order valence-electron chi connectivity index (χ0n) is 7.50. The molecule has 0 bridgehead atoms. The minimum atomic E-state index is 0.00162. The molecule has 0 atom stereocenters. The van der Waals surface area contributed by atoms with E-state index in [0.717, 1.165) is 11.1 Å². The number of fused-ring (bicyclic) bond motifs is 1. The summed E-state index contributed by atoms with van der Waals surface area (Å²) in [6.45, 7) is 3.38. The smallest absolute Gasteiger partial charge is 0.177 e. The van der Waals surface area contributed by atoms with Gasteiger partial charge in [0.1, 0.15) is 0 Å². The fraction of sp³-hybridized carbons (Fsp3) is 0.200. The van der Waals surface area contributed by atoms with Crippen molar-refractivity contribution in [1.82, 2.24) is 5.16 Å². The average Bonchev–Trinajstić information content (AvgIpc) is 2.48. The molecule has 0 spiro atoms. The molecular weight excluding hydrogens is 166 g/mol. The number of benzene rings is 1. The molecule has 66 valence electrons. The standard InChI is InChI=1S/C10H9NO2/c1-6-8-4-3-5-9(7(2)12)10(8)13-11-6/h3-5H,1-2H3. The Labute approximate surface area is 75.3 Å². The number of aromatic nitrogens is 1. The predicted octanol–water partition coefficient (Wildman–Crippen LogP) is 2.34. The van der Waals surface area contributed by atoms with Crippen LogP contribution in [0.15, 0.2) is 22.7 Å². The van der Waals surface area contributed by atoms with Gasteiger partial charge in [-0.15, -0.1) is 0 Å². The summed E-state index contributed by atoms with van der Waals surface area (Å²) in [5.74, 6) is 0.00162. The van der Waals surface area contributed by atoms with E-state index in [1.54, 1.807) is 6.07 Å². The molecular formula is C10H9NO2. The molecule has 1 heterocycles. The van der Waals surface area contributed by atoms with Crippen LogP contribution in [0.4, 0.5) is 0 Å². The Morgan fingerprint density at radius 3 is 2.92 bits per heavy atom. The van der Waals surface area contributed by atoms with Crippen LogP contribution >= 0.6 is 0 Å². The van der Waals surface area contributed by atoms with Gasteiger partial charge in [0.25, 0.3) is 0 Å². The van der Waals surface area contributed by atoms with E-state index in [4.69, 9.17) is 4.52 Å². The lowest BCUT2D eigenvalue weighted by atomic mass is 10.1. The van der Waals surface area contributed by atoms with E-state index >= 15 is 0 Å². The zero-order chi connectivity index (χ0) is 9.42. The molecule has 0 unspecified atom stereocenters. The molecule has 3 heteroatoms. The van der Waals surface area contributed by atoms with Gasteiger partial charge >= 0.3 is 0 Å². The first-order chi connectivity index (χ1) is 6.20. The highest BCUT2D eigenvalue weighted by Gasteiger charge is 2.10. The molecule has 0 aliphatic rings. The Morgan fingerprint density at radius 2 is 2.23 bits per heavy atom. The van der Waals surface area contributed by atoms with E-state index in [-0.39, 0.29) is 5.78 Å². The number of ketones is 1. The van der Waals surface area contributed by atoms with Crippen molar-refractivity contribution >= 4 is 16.8 Å². The first-order valence-electron chi connectivity index (χ1n) is 4.06. The summed E-state index contributed by atoms with van der Waals surface area (Å²) < 4.78 is 5.07. The van der Waals surface area contributed by atoms with Crippen LogP contribution in [0.3, 0.4) is 0 Å². The second-order valence-electron chi connectivity index (χ2n) is 3.01. The lowest BCUT2D eigenvalue weighted by molar-refractivity contribution is 0.101. The van der Waals surface area contributed by atoms with E-state index in [0.29, 0.717) is 11.1 Å². The Hall–Kier alpha value is -1.64. The highest BCUT2D eigenvalue weighted by molar-refractivity contribution is 6.05. The molecule has 0 amide bonds. The van der Waals surface area contributed by atoms with Crippen LogP contribution in [-0.4, -0.2) is 10.9 Å². The van der Waals surface area contributed by atoms with Crippen LogP contribution in [0.5, 0.6) is 0 Å². The van der Waals surface area contributed by atoms with Gasteiger partial charge < -0.3 is 4.52 Å². The van der Waals surface area contributed by atoms with Gasteiger partial charge in [0, 0.05) is 5.39 Å². The van der Waals surface area contributed by atoms with Gasteiger partial charge in [-0.05, 0) is 26.0 Å². The number of nitrogens with zero attached hydrogens (tertiary/aromatic N) is 1.